The number of nitrogens with zero attached hydrogens (tertiary/aromatic N) is 1. The molecule has 0 saturated heterocycles. The molecule has 1 saturated carbocycles. The first kappa shape index (κ1) is 26.2. The van der Waals surface area contributed by atoms with E-state index in [-0.39, 0.29) is 24.2 Å². The lowest BCUT2D eigenvalue weighted by Crippen LogP contribution is -2.53. The molecule has 1 aliphatic rings. The molecule has 3 N–H and O–H groups in total. The van der Waals surface area contributed by atoms with Gasteiger partial charge >= 0.3 is 6.09 Å². The summed E-state index contributed by atoms with van der Waals surface area (Å²) in [7, 11) is 0. The van der Waals surface area contributed by atoms with Crippen LogP contribution in [0.5, 0.6) is 5.75 Å². The molecule has 2 unspecified atom stereocenters. The van der Waals surface area contributed by atoms with Gasteiger partial charge in [0, 0.05) is 12.6 Å². The zero-order valence-corrected chi connectivity index (χ0v) is 20.1. The van der Waals surface area contributed by atoms with Gasteiger partial charge in [-0.15, -0.1) is 6.58 Å². The first-order valence-corrected chi connectivity index (χ1v) is 11.5. The van der Waals surface area contributed by atoms with Gasteiger partial charge in [-0.25, -0.2) is 4.79 Å². The third-order valence-electron chi connectivity index (χ3n) is 5.43. The highest BCUT2D eigenvalue weighted by atomic mass is 16.6. The number of carbonyl (C=O) groups is 3. The van der Waals surface area contributed by atoms with E-state index in [1.807, 2.05) is 0 Å². The van der Waals surface area contributed by atoms with E-state index < -0.39 is 29.7 Å². The fourth-order valence-electron chi connectivity index (χ4n) is 3.91. The number of hydrogen-bond acceptors (Lipinski definition) is 5. The topological polar surface area (TPSA) is 108 Å². The maximum absolute atomic E-state index is 13.4. The van der Waals surface area contributed by atoms with Crippen molar-refractivity contribution in [2.75, 3.05) is 6.54 Å². The van der Waals surface area contributed by atoms with E-state index in [0.29, 0.717) is 5.56 Å². The number of hydrogen-bond donors (Lipinski definition) is 3. The predicted octanol–water partition coefficient (Wildman–Crippen LogP) is 3.81. The summed E-state index contributed by atoms with van der Waals surface area (Å²) in [5.74, 6) is -0.684. The van der Waals surface area contributed by atoms with Crippen LogP contribution in [0.4, 0.5) is 4.79 Å². The Morgan fingerprint density at radius 1 is 1.18 bits per heavy atom. The Balaban J connectivity index is 2.29. The highest BCUT2D eigenvalue weighted by Crippen LogP contribution is 2.26. The van der Waals surface area contributed by atoms with Gasteiger partial charge < -0.3 is 25.4 Å². The zero-order valence-electron chi connectivity index (χ0n) is 20.1. The quantitative estimate of drug-likeness (QED) is 0.513. The zero-order chi connectivity index (χ0) is 24.6. The highest BCUT2D eigenvalue weighted by molar-refractivity contribution is 5.92. The van der Waals surface area contributed by atoms with Crippen molar-refractivity contribution in [3.05, 3.63) is 42.5 Å². The van der Waals surface area contributed by atoms with Crippen molar-refractivity contribution in [1.82, 2.24) is 15.5 Å². The van der Waals surface area contributed by atoms with Crippen molar-refractivity contribution in [2.24, 2.45) is 0 Å². The van der Waals surface area contributed by atoms with E-state index in [1.54, 1.807) is 45.9 Å². The number of amides is 3. The van der Waals surface area contributed by atoms with Crippen LogP contribution in [-0.2, 0) is 14.3 Å². The molecule has 0 radical (unpaired) electrons. The molecule has 3 amide bonds. The van der Waals surface area contributed by atoms with Crippen LogP contribution in [-0.4, -0.2) is 52.1 Å². The standard InChI is InChI=1S/C25H37N3O5/c1-6-16-28(23(31)17(2)26-24(32)33-25(3,4)5)21(18-12-14-20(29)15-13-18)22(30)27-19-10-8-7-9-11-19/h6,12-15,17,19,21,29H,1,7-11,16H2,2-5H3,(H,26,32)(H,27,30). The summed E-state index contributed by atoms with van der Waals surface area (Å²) in [6, 6.07) is 4.39. The van der Waals surface area contributed by atoms with Gasteiger partial charge in [-0.2, -0.15) is 0 Å². The molecular weight excluding hydrogens is 422 g/mol. The molecule has 1 aromatic rings. The molecule has 2 rings (SSSR count). The van der Waals surface area contributed by atoms with Gasteiger partial charge in [0.1, 0.15) is 23.4 Å². The Labute approximate surface area is 196 Å². The van der Waals surface area contributed by atoms with Crippen LogP contribution in [0.2, 0.25) is 0 Å². The number of phenolic OH excluding ortho intramolecular Hbond substituents is 1. The van der Waals surface area contributed by atoms with Crippen molar-refractivity contribution in [3.8, 4) is 5.75 Å². The van der Waals surface area contributed by atoms with Crippen molar-refractivity contribution in [3.63, 3.8) is 0 Å². The average molecular weight is 460 g/mol. The molecule has 8 heteroatoms. The molecule has 1 aliphatic carbocycles. The van der Waals surface area contributed by atoms with Gasteiger partial charge in [0.05, 0.1) is 0 Å². The maximum atomic E-state index is 13.4. The molecule has 1 aromatic carbocycles. The Kier molecular flexibility index (Phi) is 9.32. The second-order valence-electron chi connectivity index (χ2n) is 9.48. The summed E-state index contributed by atoms with van der Waals surface area (Å²) in [6.07, 6.45) is 5.90. The van der Waals surface area contributed by atoms with Gasteiger partial charge in [-0.3, -0.25) is 9.59 Å². The van der Waals surface area contributed by atoms with E-state index in [1.165, 1.54) is 17.0 Å². The maximum Gasteiger partial charge on any atom is 0.408 e. The Morgan fingerprint density at radius 2 is 1.79 bits per heavy atom. The fraction of sp³-hybridized carbons (Fsp3) is 0.560. The number of aromatic hydroxyl groups is 1. The molecule has 2 atom stereocenters. The summed E-state index contributed by atoms with van der Waals surface area (Å²) in [6.45, 7) is 10.6. The van der Waals surface area contributed by atoms with Gasteiger partial charge in [0.2, 0.25) is 11.8 Å². The summed E-state index contributed by atoms with van der Waals surface area (Å²) < 4.78 is 5.26. The number of carbonyl (C=O) groups excluding carboxylic acids is 3. The van der Waals surface area contributed by atoms with Gasteiger partial charge in [-0.1, -0.05) is 37.5 Å². The number of ether oxygens (including phenoxy) is 1. The van der Waals surface area contributed by atoms with Crippen LogP contribution < -0.4 is 10.6 Å². The number of rotatable bonds is 8. The molecule has 0 aromatic heterocycles. The van der Waals surface area contributed by atoms with Crippen LogP contribution in [0.25, 0.3) is 0 Å². The number of benzene rings is 1. The minimum Gasteiger partial charge on any atom is -0.508 e. The van der Waals surface area contributed by atoms with Crippen molar-refractivity contribution < 1.29 is 24.2 Å². The molecule has 1 fully saturated rings. The summed E-state index contributed by atoms with van der Waals surface area (Å²) in [5.41, 5.74) is -0.150. The van der Waals surface area contributed by atoms with Crippen LogP contribution in [0.3, 0.4) is 0 Å². The lowest BCUT2D eigenvalue weighted by Gasteiger charge is -2.34. The second-order valence-corrected chi connectivity index (χ2v) is 9.48. The van der Waals surface area contributed by atoms with Crippen molar-refractivity contribution in [1.29, 1.82) is 0 Å². The van der Waals surface area contributed by atoms with E-state index >= 15 is 0 Å². The second kappa shape index (κ2) is 11.7. The number of nitrogens with one attached hydrogen (secondary N) is 2. The Bertz CT molecular complexity index is 825. The molecule has 8 nitrogen and oxygen atoms in total. The van der Waals surface area contributed by atoms with Gasteiger partial charge in [-0.05, 0) is 58.2 Å². The molecule has 0 spiro atoms. The van der Waals surface area contributed by atoms with Gasteiger partial charge in [0.15, 0.2) is 0 Å². The molecular formula is C25H37N3O5. The first-order valence-electron chi connectivity index (χ1n) is 11.5. The van der Waals surface area contributed by atoms with E-state index in [0.717, 1.165) is 32.1 Å². The van der Waals surface area contributed by atoms with E-state index in [9.17, 15) is 19.5 Å². The Morgan fingerprint density at radius 3 is 2.33 bits per heavy atom. The highest BCUT2D eigenvalue weighted by Gasteiger charge is 2.35. The fourth-order valence-corrected chi connectivity index (χ4v) is 3.91. The van der Waals surface area contributed by atoms with Crippen LogP contribution in [0.1, 0.15) is 71.4 Å². The van der Waals surface area contributed by atoms with E-state index in [4.69, 9.17) is 4.74 Å². The first-order chi connectivity index (χ1) is 15.5. The third kappa shape index (κ3) is 8.11. The normalized spacial score (nSPS) is 16.2. The summed E-state index contributed by atoms with van der Waals surface area (Å²) >= 11 is 0. The Hall–Kier alpha value is -3.03. The summed E-state index contributed by atoms with van der Waals surface area (Å²) in [5, 5.41) is 15.4. The monoisotopic (exact) mass is 459 g/mol. The third-order valence-corrected chi connectivity index (χ3v) is 5.43. The summed E-state index contributed by atoms with van der Waals surface area (Å²) in [4.78, 5) is 40.4. The van der Waals surface area contributed by atoms with Crippen LogP contribution in [0.15, 0.2) is 36.9 Å². The van der Waals surface area contributed by atoms with Gasteiger partial charge in [0.25, 0.3) is 0 Å². The largest absolute Gasteiger partial charge is 0.508 e. The molecule has 0 heterocycles. The molecule has 0 bridgehead atoms. The minimum atomic E-state index is -0.944. The van der Waals surface area contributed by atoms with Crippen molar-refractivity contribution >= 4 is 17.9 Å². The number of phenols is 1. The average Bonchev–Trinajstić information content (AvgIpc) is 2.73. The lowest BCUT2D eigenvalue weighted by atomic mass is 9.94. The van der Waals surface area contributed by atoms with Crippen LogP contribution in [0, 0.1) is 0 Å². The lowest BCUT2D eigenvalue weighted by molar-refractivity contribution is -0.141. The number of alkyl carbamates (subject to hydrolysis) is 1. The van der Waals surface area contributed by atoms with E-state index in [2.05, 4.69) is 17.2 Å². The SMILES string of the molecule is C=CCN(C(=O)C(C)NC(=O)OC(C)(C)C)C(C(=O)NC1CCCCC1)c1ccc(O)cc1. The molecule has 0 aliphatic heterocycles. The minimum absolute atomic E-state index is 0.0591. The predicted molar refractivity (Wildman–Crippen MR) is 127 cm³/mol. The van der Waals surface area contributed by atoms with Crippen molar-refractivity contribution in [2.45, 2.75) is 83.5 Å². The molecule has 182 valence electrons. The van der Waals surface area contributed by atoms with Crippen LogP contribution >= 0.6 is 0 Å². The molecule has 33 heavy (non-hydrogen) atoms. The smallest absolute Gasteiger partial charge is 0.408 e.